The van der Waals surface area contributed by atoms with Gasteiger partial charge in [0.25, 0.3) is 5.56 Å². The quantitative estimate of drug-likeness (QED) is 0.398. The van der Waals surface area contributed by atoms with Crippen LogP contribution in [0.25, 0.3) is 17.0 Å². The Morgan fingerprint density at radius 3 is 2.62 bits per heavy atom. The van der Waals surface area contributed by atoms with Crippen molar-refractivity contribution in [2.75, 3.05) is 7.05 Å². The number of benzene rings is 1. The zero-order valence-electron chi connectivity index (χ0n) is 18.7. The molecule has 7 heteroatoms. The Morgan fingerprint density at radius 1 is 1.19 bits per heavy atom. The fraction of sp³-hybridized carbons (Fsp3) is 0.280. The average Bonchev–Trinajstić information content (AvgIpc) is 2.81. The summed E-state index contributed by atoms with van der Waals surface area (Å²) in [6, 6.07) is 10.9. The summed E-state index contributed by atoms with van der Waals surface area (Å²) < 4.78 is 1.68. The predicted molar refractivity (Wildman–Crippen MR) is 127 cm³/mol. The fourth-order valence-electron chi connectivity index (χ4n) is 3.23. The fourth-order valence-corrected chi connectivity index (χ4v) is 3.23. The smallest absolute Gasteiger partial charge is 0.250 e. The lowest BCUT2D eigenvalue weighted by Crippen LogP contribution is -2.21. The van der Waals surface area contributed by atoms with Crippen LogP contribution in [0.5, 0.6) is 0 Å². The van der Waals surface area contributed by atoms with Gasteiger partial charge >= 0.3 is 0 Å². The van der Waals surface area contributed by atoms with Crippen LogP contribution >= 0.6 is 0 Å². The molecule has 0 saturated carbocycles. The van der Waals surface area contributed by atoms with Crippen molar-refractivity contribution in [3.63, 3.8) is 0 Å². The van der Waals surface area contributed by atoms with Crippen LogP contribution in [-0.4, -0.2) is 27.4 Å². The van der Waals surface area contributed by atoms with E-state index >= 15 is 0 Å². The van der Waals surface area contributed by atoms with Crippen molar-refractivity contribution in [3.05, 3.63) is 88.2 Å². The molecule has 0 amide bonds. The molecule has 7 nitrogen and oxygen atoms in total. The lowest BCUT2D eigenvalue weighted by atomic mass is 10.1. The molecule has 0 unspecified atom stereocenters. The number of pyridine rings is 1. The largest absolute Gasteiger partial charge is 0.398 e. The minimum absolute atomic E-state index is 0.0642. The molecule has 3 aromatic rings. The van der Waals surface area contributed by atoms with Crippen LogP contribution < -0.4 is 16.6 Å². The Morgan fingerprint density at radius 2 is 1.94 bits per heavy atom. The van der Waals surface area contributed by atoms with Gasteiger partial charge < -0.3 is 15.6 Å². The van der Waals surface area contributed by atoms with Gasteiger partial charge in [-0.15, -0.1) is 0 Å². The van der Waals surface area contributed by atoms with Gasteiger partial charge in [0.15, 0.2) is 0 Å². The SMILES string of the molecule is CC[C@H](C)Cn1cc(-c2cncc(C(=O)C=C(N)c3ccc(CNC)cc3)n2)ccc1=O. The van der Waals surface area contributed by atoms with Gasteiger partial charge in [-0.1, -0.05) is 44.5 Å². The summed E-state index contributed by atoms with van der Waals surface area (Å²) in [7, 11) is 1.89. The van der Waals surface area contributed by atoms with Gasteiger partial charge in [-0.05, 0) is 30.2 Å². The number of nitrogens with zero attached hydrogens (tertiary/aromatic N) is 3. The second kappa shape index (κ2) is 10.6. The number of carbonyl (C=O) groups excluding carboxylic acids is 1. The zero-order chi connectivity index (χ0) is 23.1. The highest BCUT2D eigenvalue weighted by Crippen LogP contribution is 2.17. The van der Waals surface area contributed by atoms with E-state index in [1.54, 1.807) is 23.0 Å². The number of nitrogens with one attached hydrogen (secondary N) is 1. The van der Waals surface area contributed by atoms with Crippen LogP contribution in [0.2, 0.25) is 0 Å². The molecule has 0 saturated heterocycles. The van der Waals surface area contributed by atoms with Crippen LogP contribution in [0.3, 0.4) is 0 Å². The molecule has 0 aliphatic rings. The van der Waals surface area contributed by atoms with E-state index in [2.05, 4.69) is 29.1 Å². The van der Waals surface area contributed by atoms with Gasteiger partial charge in [0.05, 0.1) is 18.1 Å². The standard InChI is InChI=1S/C25H29N5O2/c1-4-17(2)15-30-16-20(9-10-25(30)32)22-13-28-14-23(29-22)24(31)11-21(26)19-7-5-18(6-8-19)12-27-3/h5-11,13-14,16-17,27H,4,12,15,26H2,1-3H3/t17-/m0/s1. The molecule has 0 bridgehead atoms. The Bertz CT molecular complexity index is 1170. The maximum Gasteiger partial charge on any atom is 0.250 e. The van der Waals surface area contributed by atoms with Gasteiger partial charge in [0.2, 0.25) is 5.78 Å². The molecule has 2 heterocycles. The number of nitrogens with two attached hydrogens (primary N) is 1. The molecule has 0 radical (unpaired) electrons. The molecule has 0 aliphatic carbocycles. The zero-order valence-corrected chi connectivity index (χ0v) is 18.7. The Labute approximate surface area is 188 Å². The average molecular weight is 432 g/mol. The van der Waals surface area contributed by atoms with Crippen LogP contribution in [0.4, 0.5) is 0 Å². The summed E-state index contributed by atoms with van der Waals surface area (Å²) in [5, 5.41) is 3.09. The van der Waals surface area contributed by atoms with E-state index in [1.165, 1.54) is 18.3 Å². The van der Waals surface area contributed by atoms with E-state index in [0.29, 0.717) is 23.9 Å². The van der Waals surface area contributed by atoms with E-state index in [1.807, 2.05) is 31.3 Å². The first-order chi connectivity index (χ1) is 15.4. The summed E-state index contributed by atoms with van der Waals surface area (Å²) in [5.74, 6) is 0.0476. The lowest BCUT2D eigenvalue weighted by molar-refractivity contribution is 0.104. The maximum absolute atomic E-state index is 12.8. The first kappa shape index (κ1) is 23.1. The molecule has 166 valence electrons. The van der Waals surface area contributed by atoms with Gasteiger partial charge in [-0.2, -0.15) is 0 Å². The summed E-state index contributed by atoms with van der Waals surface area (Å²) in [6.45, 7) is 5.58. The third-order valence-electron chi connectivity index (χ3n) is 5.33. The highest BCUT2D eigenvalue weighted by Gasteiger charge is 2.11. The van der Waals surface area contributed by atoms with Crippen LogP contribution in [0.1, 0.15) is 41.9 Å². The second-order valence-corrected chi connectivity index (χ2v) is 7.90. The maximum atomic E-state index is 12.8. The molecule has 0 aliphatic heterocycles. The number of ketones is 1. The Hall–Kier alpha value is -3.58. The molecule has 0 spiro atoms. The van der Waals surface area contributed by atoms with Gasteiger partial charge in [0, 0.05) is 42.7 Å². The minimum Gasteiger partial charge on any atom is -0.398 e. The number of aromatic nitrogens is 3. The number of carbonyl (C=O) groups is 1. The van der Waals surface area contributed by atoms with Crippen molar-refractivity contribution in [1.82, 2.24) is 19.9 Å². The molecule has 32 heavy (non-hydrogen) atoms. The topological polar surface area (TPSA) is 103 Å². The van der Waals surface area contributed by atoms with E-state index < -0.39 is 0 Å². The Kier molecular flexibility index (Phi) is 7.68. The van der Waals surface area contributed by atoms with Crippen molar-refractivity contribution < 1.29 is 4.79 Å². The van der Waals surface area contributed by atoms with Crippen molar-refractivity contribution in [1.29, 1.82) is 0 Å². The lowest BCUT2D eigenvalue weighted by Gasteiger charge is -2.12. The van der Waals surface area contributed by atoms with Crippen molar-refractivity contribution in [2.45, 2.75) is 33.4 Å². The van der Waals surface area contributed by atoms with Crippen molar-refractivity contribution in [2.24, 2.45) is 11.7 Å². The predicted octanol–water partition coefficient (Wildman–Crippen LogP) is 3.25. The number of hydrogen-bond donors (Lipinski definition) is 2. The third kappa shape index (κ3) is 5.76. The molecule has 3 rings (SSSR count). The monoisotopic (exact) mass is 431 g/mol. The minimum atomic E-state index is -0.330. The normalized spacial score (nSPS) is 12.5. The van der Waals surface area contributed by atoms with E-state index in [0.717, 1.165) is 29.7 Å². The molecule has 0 fully saturated rings. The number of hydrogen-bond acceptors (Lipinski definition) is 6. The van der Waals surface area contributed by atoms with E-state index in [9.17, 15) is 9.59 Å². The third-order valence-corrected chi connectivity index (χ3v) is 5.33. The first-order valence-corrected chi connectivity index (χ1v) is 10.7. The number of rotatable bonds is 9. The van der Waals surface area contributed by atoms with Crippen LogP contribution in [-0.2, 0) is 13.1 Å². The summed E-state index contributed by atoms with van der Waals surface area (Å²) in [4.78, 5) is 33.6. The highest BCUT2D eigenvalue weighted by atomic mass is 16.1. The van der Waals surface area contributed by atoms with Crippen molar-refractivity contribution >= 4 is 11.5 Å². The van der Waals surface area contributed by atoms with Gasteiger partial charge in [-0.25, -0.2) is 4.98 Å². The summed E-state index contributed by atoms with van der Waals surface area (Å²) in [6.07, 6.45) is 7.11. The molecular formula is C25H29N5O2. The van der Waals surface area contributed by atoms with Crippen LogP contribution in [0.15, 0.2) is 65.9 Å². The first-order valence-electron chi connectivity index (χ1n) is 10.7. The molecular weight excluding hydrogens is 402 g/mol. The summed E-state index contributed by atoms with van der Waals surface area (Å²) in [5.41, 5.74) is 9.78. The highest BCUT2D eigenvalue weighted by molar-refractivity contribution is 6.07. The Balaban J connectivity index is 1.84. The van der Waals surface area contributed by atoms with Gasteiger partial charge in [0.1, 0.15) is 5.69 Å². The summed E-state index contributed by atoms with van der Waals surface area (Å²) >= 11 is 0. The van der Waals surface area contributed by atoms with E-state index in [4.69, 9.17) is 5.73 Å². The molecule has 2 aromatic heterocycles. The van der Waals surface area contributed by atoms with Crippen LogP contribution in [0, 0.1) is 5.92 Å². The second-order valence-electron chi connectivity index (χ2n) is 7.90. The molecule has 1 atom stereocenters. The molecule has 1 aromatic carbocycles. The van der Waals surface area contributed by atoms with E-state index in [-0.39, 0.29) is 17.0 Å². The van der Waals surface area contributed by atoms with Gasteiger partial charge in [-0.3, -0.25) is 14.6 Å². The molecule has 3 N–H and O–H groups in total. The number of allylic oxidation sites excluding steroid dienone is 1. The van der Waals surface area contributed by atoms with Crippen molar-refractivity contribution in [3.8, 4) is 11.3 Å².